The number of rotatable bonds is 16. The molecule has 0 bridgehead atoms. The van der Waals surface area contributed by atoms with E-state index in [0.29, 0.717) is 18.2 Å². The second kappa shape index (κ2) is 19.3. The number of carbonyl (C=O) groups is 6. The first-order valence-corrected chi connectivity index (χ1v) is 16.5. The topological polar surface area (TPSA) is 219 Å². The van der Waals surface area contributed by atoms with Crippen molar-refractivity contribution < 1.29 is 43.0 Å². The molecule has 0 heterocycles. The molecule has 0 spiro atoms. The molecule has 15 nitrogen and oxygen atoms in total. The number of hydrogen-bond acceptors (Lipinski definition) is 10. The number of carbonyl (C=O) groups excluding carboxylic acids is 6. The molecule has 4 amide bonds. The smallest absolute Gasteiger partial charge is 0.329 e. The molecule has 276 valence electrons. The van der Waals surface area contributed by atoms with E-state index in [1.54, 1.807) is 84.9 Å². The first-order valence-electron chi connectivity index (χ1n) is 16.5. The largest absolute Gasteiger partial charge is 0.623 e. The monoisotopic (exact) mass is 700 g/mol. The van der Waals surface area contributed by atoms with Crippen LogP contribution in [0.1, 0.15) is 87.6 Å². The van der Waals surface area contributed by atoms with Crippen molar-refractivity contribution in [1.29, 1.82) is 5.26 Å². The molecule has 1 aromatic rings. The first kappa shape index (κ1) is 43.0. The van der Waals surface area contributed by atoms with E-state index in [1.165, 1.54) is 13.8 Å². The van der Waals surface area contributed by atoms with E-state index in [4.69, 9.17) is 14.7 Å². The SMILES string of the molecule is CC[C@H](C)[C@H](NC(=O)[C@H](CC(=O)OC(C)(C)C)NC(=O)[C@H](C)NC(=O)[C@H](Cc1ccccc1)NC(=O)[C@H](C)/[N+]([O-])=C\C#N)C(=O)OC(C)(C)C. The van der Waals surface area contributed by atoms with Crippen LogP contribution in [0.25, 0.3) is 0 Å². The van der Waals surface area contributed by atoms with Crippen LogP contribution >= 0.6 is 0 Å². The van der Waals surface area contributed by atoms with Crippen molar-refractivity contribution in [2.45, 2.75) is 130 Å². The summed E-state index contributed by atoms with van der Waals surface area (Å²) in [4.78, 5) is 79.1. The summed E-state index contributed by atoms with van der Waals surface area (Å²) in [6.07, 6.45) is 0.517. The Morgan fingerprint density at radius 2 is 1.36 bits per heavy atom. The van der Waals surface area contributed by atoms with Gasteiger partial charge in [0.25, 0.3) is 12.1 Å². The fourth-order valence-electron chi connectivity index (χ4n) is 4.36. The van der Waals surface area contributed by atoms with Gasteiger partial charge in [-0.3, -0.25) is 24.0 Å². The minimum absolute atomic E-state index is 0.00830. The lowest BCUT2D eigenvalue weighted by atomic mass is 9.98. The van der Waals surface area contributed by atoms with Gasteiger partial charge in [0.1, 0.15) is 35.4 Å². The second-order valence-corrected chi connectivity index (χ2v) is 14.0. The number of esters is 2. The summed E-state index contributed by atoms with van der Waals surface area (Å²) in [5, 5.41) is 30.9. The fraction of sp³-hybridized carbons (Fsp3) is 0.600. The number of nitrogens with one attached hydrogen (secondary N) is 4. The highest BCUT2D eigenvalue weighted by atomic mass is 16.6. The number of hydrogen-bond donors (Lipinski definition) is 4. The predicted molar refractivity (Wildman–Crippen MR) is 184 cm³/mol. The maximum absolute atomic E-state index is 13.6. The summed E-state index contributed by atoms with van der Waals surface area (Å²) >= 11 is 0. The van der Waals surface area contributed by atoms with Crippen LogP contribution in [0.2, 0.25) is 0 Å². The third-order valence-corrected chi connectivity index (χ3v) is 7.21. The lowest BCUT2D eigenvalue weighted by Gasteiger charge is -2.29. The average Bonchev–Trinajstić information content (AvgIpc) is 3.00. The maximum atomic E-state index is 13.6. The molecule has 4 N–H and O–H groups in total. The molecule has 50 heavy (non-hydrogen) atoms. The Labute approximate surface area is 294 Å². The van der Waals surface area contributed by atoms with Crippen LogP contribution in [-0.4, -0.2) is 87.9 Å². The molecule has 0 radical (unpaired) electrons. The van der Waals surface area contributed by atoms with Gasteiger partial charge in [-0.25, -0.2) is 4.79 Å². The Morgan fingerprint density at radius 1 is 0.820 bits per heavy atom. The lowest BCUT2D eigenvalue weighted by Crippen LogP contribution is -2.59. The van der Waals surface area contributed by atoms with Gasteiger partial charge in [0, 0.05) is 13.3 Å². The van der Waals surface area contributed by atoms with E-state index in [-0.39, 0.29) is 17.1 Å². The van der Waals surface area contributed by atoms with Crippen molar-refractivity contribution in [2.75, 3.05) is 0 Å². The molecule has 0 aromatic heterocycles. The molecular formula is C35H52N6O9. The van der Waals surface area contributed by atoms with Crippen LogP contribution in [0.5, 0.6) is 0 Å². The molecule has 0 aliphatic carbocycles. The minimum atomic E-state index is -1.51. The Hall–Kier alpha value is -5.00. The summed E-state index contributed by atoms with van der Waals surface area (Å²) in [5.74, 6) is -5.17. The minimum Gasteiger partial charge on any atom is -0.623 e. The van der Waals surface area contributed by atoms with E-state index in [1.807, 2.05) is 6.92 Å². The number of nitrogens with zero attached hydrogens (tertiary/aromatic N) is 2. The predicted octanol–water partition coefficient (Wildman–Crippen LogP) is 1.80. The Kier molecular flexibility index (Phi) is 16.6. The van der Waals surface area contributed by atoms with Crippen molar-refractivity contribution >= 4 is 41.8 Å². The van der Waals surface area contributed by atoms with Crippen molar-refractivity contribution in [3.8, 4) is 6.07 Å². The van der Waals surface area contributed by atoms with Gasteiger partial charge in [-0.15, -0.1) is 0 Å². The van der Waals surface area contributed by atoms with Gasteiger partial charge in [0.05, 0.1) is 6.42 Å². The van der Waals surface area contributed by atoms with E-state index in [2.05, 4.69) is 21.3 Å². The standard InChI is InChI=1S/C35H52N6O9/c1-11-21(2)28(33(47)50-35(8,9)10)40-32(46)26(20-27(42)49-34(5,6)7)38-29(43)22(3)37-31(45)25(19-24-15-13-12-14-16-24)39-30(44)23(4)41(48)18-17-36/h12-16,18,21-23,25-26,28H,11,19-20H2,1-10H3,(H,37,45)(H,38,43)(H,39,44)(H,40,46)/b41-18+/t21-,22-,23-,25-,26-,28-/m0/s1. The highest BCUT2D eigenvalue weighted by Gasteiger charge is 2.36. The molecule has 0 saturated carbocycles. The summed E-state index contributed by atoms with van der Waals surface area (Å²) in [7, 11) is 0. The summed E-state index contributed by atoms with van der Waals surface area (Å²) in [6, 6.07) is 3.74. The third kappa shape index (κ3) is 15.5. The zero-order valence-electron chi connectivity index (χ0n) is 30.6. The van der Waals surface area contributed by atoms with Crippen LogP contribution in [0.3, 0.4) is 0 Å². The van der Waals surface area contributed by atoms with Crippen LogP contribution in [0, 0.1) is 22.5 Å². The number of hydroxylamine groups is 1. The Balaban J connectivity index is 3.28. The summed E-state index contributed by atoms with van der Waals surface area (Å²) in [5.41, 5.74) is -1.08. The van der Waals surface area contributed by atoms with Crippen LogP contribution < -0.4 is 21.3 Å². The van der Waals surface area contributed by atoms with Crippen LogP contribution in [0.15, 0.2) is 30.3 Å². The molecule has 0 unspecified atom stereocenters. The number of ether oxygens (including phenoxy) is 2. The average molecular weight is 701 g/mol. The van der Waals surface area contributed by atoms with Gasteiger partial charge in [-0.1, -0.05) is 50.6 Å². The van der Waals surface area contributed by atoms with Gasteiger partial charge < -0.3 is 35.9 Å². The summed E-state index contributed by atoms with van der Waals surface area (Å²) in [6.45, 7) is 16.1. The molecule has 0 aliphatic rings. The fourth-order valence-corrected chi connectivity index (χ4v) is 4.36. The number of nitriles is 1. The second-order valence-electron chi connectivity index (χ2n) is 14.0. The van der Waals surface area contributed by atoms with E-state index < -0.39 is 83.4 Å². The number of amides is 4. The van der Waals surface area contributed by atoms with Gasteiger partial charge in [-0.05, 0) is 59.9 Å². The van der Waals surface area contributed by atoms with Crippen molar-refractivity contribution in [3.63, 3.8) is 0 Å². The molecule has 0 fully saturated rings. The van der Waals surface area contributed by atoms with Gasteiger partial charge in [-0.2, -0.15) is 10.0 Å². The molecule has 0 aliphatic heterocycles. The highest BCUT2D eigenvalue weighted by molar-refractivity contribution is 5.96. The van der Waals surface area contributed by atoms with E-state index >= 15 is 0 Å². The van der Waals surface area contributed by atoms with E-state index in [0.717, 1.165) is 0 Å². The Morgan fingerprint density at radius 3 is 1.88 bits per heavy atom. The summed E-state index contributed by atoms with van der Waals surface area (Å²) < 4.78 is 11.0. The quantitative estimate of drug-likeness (QED) is 0.0644. The van der Waals surface area contributed by atoms with Crippen LogP contribution in [0.4, 0.5) is 0 Å². The third-order valence-electron chi connectivity index (χ3n) is 7.21. The Bertz CT molecular complexity index is 1430. The van der Waals surface area contributed by atoms with Crippen LogP contribution in [-0.2, 0) is 44.7 Å². The molecule has 1 rings (SSSR count). The first-order chi connectivity index (χ1) is 23.1. The molecule has 6 atom stereocenters. The van der Waals surface area contributed by atoms with Gasteiger partial charge >= 0.3 is 11.9 Å². The number of benzene rings is 1. The molecule has 1 aromatic carbocycles. The lowest BCUT2D eigenvalue weighted by molar-refractivity contribution is -0.476. The van der Waals surface area contributed by atoms with Crippen molar-refractivity contribution in [2.24, 2.45) is 5.92 Å². The van der Waals surface area contributed by atoms with Gasteiger partial charge in [0.2, 0.25) is 23.8 Å². The van der Waals surface area contributed by atoms with Crippen molar-refractivity contribution in [1.82, 2.24) is 21.3 Å². The molecular weight excluding hydrogens is 648 g/mol. The molecule has 15 heteroatoms. The maximum Gasteiger partial charge on any atom is 0.329 e. The zero-order chi connectivity index (χ0) is 38.4. The van der Waals surface area contributed by atoms with Gasteiger partial charge in [0.15, 0.2) is 6.07 Å². The normalized spacial score (nSPS) is 15.4. The van der Waals surface area contributed by atoms with E-state index in [9.17, 15) is 34.0 Å². The molecule has 0 saturated heterocycles. The zero-order valence-corrected chi connectivity index (χ0v) is 30.6. The highest BCUT2D eigenvalue weighted by Crippen LogP contribution is 2.16. The van der Waals surface area contributed by atoms with Crippen molar-refractivity contribution in [3.05, 3.63) is 41.1 Å².